The number of halogens is 2. The highest BCUT2D eigenvalue weighted by Gasteiger charge is 2.13. The van der Waals surface area contributed by atoms with E-state index in [2.05, 4.69) is 9.97 Å². The fourth-order valence-corrected chi connectivity index (χ4v) is 2.95. The molecule has 0 amide bonds. The van der Waals surface area contributed by atoms with Crippen LogP contribution in [-0.4, -0.2) is 15.1 Å². The second-order valence-corrected chi connectivity index (χ2v) is 6.00. The third-order valence-corrected chi connectivity index (χ3v) is 4.53. The van der Waals surface area contributed by atoms with Crippen LogP contribution in [0.25, 0.3) is 11.0 Å². The van der Waals surface area contributed by atoms with E-state index in [-0.39, 0.29) is 0 Å². The minimum absolute atomic E-state index is 0.435. The number of aliphatic hydroxyl groups is 1. The fourth-order valence-electron chi connectivity index (χ4n) is 1.92. The van der Waals surface area contributed by atoms with Gasteiger partial charge in [-0.25, -0.2) is 4.98 Å². The van der Waals surface area contributed by atoms with Crippen LogP contribution in [0.1, 0.15) is 16.8 Å². The molecular weight excluding hydrogens is 303 g/mol. The Morgan fingerprint density at radius 3 is 2.84 bits per heavy atom. The van der Waals surface area contributed by atoms with Gasteiger partial charge in [0.1, 0.15) is 5.82 Å². The van der Waals surface area contributed by atoms with E-state index < -0.39 is 6.10 Å². The van der Waals surface area contributed by atoms with Crippen LogP contribution in [0.5, 0.6) is 0 Å². The number of aromatic nitrogens is 2. The Morgan fingerprint density at radius 1 is 1.32 bits per heavy atom. The van der Waals surface area contributed by atoms with Gasteiger partial charge < -0.3 is 10.1 Å². The van der Waals surface area contributed by atoms with Crippen molar-refractivity contribution >= 4 is 45.6 Å². The standard InChI is InChI=1S/C13H10Cl2N2OS/c14-7-4-9-10(5-8(7)15)17-13(16-9)6-11(18)12-2-1-3-19-12/h1-5,11,18H,6H2,(H,16,17). The van der Waals surface area contributed by atoms with E-state index in [1.165, 1.54) is 11.3 Å². The second-order valence-electron chi connectivity index (χ2n) is 4.20. The van der Waals surface area contributed by atoms with Crippen molar-refractivity contribution < 1.29 is 5.11 Å². The smallest absolute Gasteiger partial charge is 0.110 e. The number of aromatic amines is 1. The number of H-pyrrole nitrogens is 1. The van der Waals surface area contributed by atoms with Crippen LogP contribution in [0.2, 0.25) is 10.0 Å². The molecule has 0 bridgehead atoms. The molecule has 2 N–H and O–H groups in total. The summed E-state index contributed by atoms with van der Waals surface area (Å²) >= 11 is 13.4. The average Bonchev–Trinajstić information content (AvgIpc) is 2.98. The molecule has 0 radical (unpaired) electrons. The molecule has 3 rings (SSSR count). The molecule has 6 heteroatoms. The predicted molar refractivity (Wildman–Crippen MR) is 79.1 cm³/mol. The van der Waals surface area contributed by atoms with E-state index >= 15 is 0 Å². The first-order chi connectivity index (χ1) is 9.13. The SMILES string of the molecule is OC(Cc1nc2cc(Cl)c(Cl)cc2[nH]1)c1cccs1. The van der Waals surface area contributed by atoms with Crippen molar-refractivity contribution in [2.24, 2.45) is 0 Å². The Bertz CT molecular complexity index is 670. The number of thiophene rings is 1. The highest BCUT2D eigenvalue weighted by molar-refractivity contribution is 7.10. The van der Waals surface area contributed by atoms with Gasteiger partial charge in [-0.15, -0.1) is 11.3 Å². The molecule has 3 aromatic rings. The van der Waals surface area contributed by atoms with Gasteiger partial charge in [0.25, 0.3) is 0 Å². The number of aliphatic hydroxyl groups excluding tert-OH is 1. The average molecular weight is 313 g/mol. The van der Waals surface area contributed by atoms with Crippen molar-refractivity contribution in [1.82, 2.24) is 9.97 Å². The molecular formula is C13H10Cl2N2OS. The minimum Gasteiger partial charge on any atom is -0.387 e. The molecule has 2 heterocycles. The molecule has 98 valence electrons. The van der Waals surface area contributed by atoms with E-state index in [9.17, 15) is 5.11 Å². The molecule has 1 unspecified atom stereocenters. The number of benzene rings is 1. The molecule has 0 aliphatic rings. The lowest BCUT2D eigenvalue weighted by Gasteiger charge is -2.05. The zero-order chi connectivity index (χ0) is 13.4. The lowest BCUT2D eigenvalue weighted by Crippen LogP contribution is -2.00. The van der Waals surface area contributed by atoms with E-state index in [0.717, 1.165) is 15.9 Å². The lowest BCUT2D eigenvalue weighted by atomic mass is 10.2. The Morgan fingerprint density at radius 2 is 2.11 bits per heavy atom. The molecule has 2 aromatic heterocycles. The summed E-state index contributed by atoms with van der Waals surface area (Å²) in [6.07, 6.45) is -0.115. The topological polar surface area (TPSA) is 48.9 Å². The maximum atomic E-state index is 10.1. The first kappa shape index (κ1) is 12.9. The van der Waals surface area contributed by atoms with Crippen LogP contribution in [0.4, 0.5) is 0 Å². The Labute approximate surface area is 123 Å². The minimum atomic E-state index is -0.550. The number of fused-ring (bicyclic) bond motifs is 1. The van der Waals surface area contributed by atoms with Gasteiger partial charge in [0, 0.05) is 11.3 Å². The largest absolute Gasteiger partial charge is 0.387 e. The molecule has 0 aliphatic carbocycles. The van der Waals surface area contributed by atoms with Crippen LogP contribution in [0.3, 0.4) is 0 Å². The zero-order valence-electron chi connectivity index (χ0n) is 9.73. The van der Waals surface area contributed by atoms with Crippen molar-refractivity contribution in [2.75, 3.05) is 0 Å². The van der Waals surface area contributed by atoms with Crippen molar-refractivity contribution in [3.63, 3.8) is 0 Å². The lowest BCUT2D eigenvalue weighted by molar-refractivity contribution is 0.180. The fraction of sp³-hybridized carbons (Fsp3) is 0.154. The van der Waals surface area contributed by atoms with Crippen molar-refractivity contribution in [3.05, 3.63) is 50.4 Å². The summed E-state index contributed by atoms with van der Waals surface area (Å²) in [6.45, 7) is 0. The van der Waals surface area contributed by atoms with E-state index in [4.69, 9.17) is 23.2 Å². The second kappa shape index (κ2) is 5.13. The summed E-state index contributed by atoms with van der Waals surface area (Å²) in [4.78, 5) is 8.48. The van der Waals surface area contributed by atoms with Crippen LogP contribution >= 0.6 is 34.5 Å². The normalized spacial score (nSPS) is 13.0. The molecule has 0 spiro atoms. The summed E-state index contributed by atoms with van der Waals surface area (Å²) in [7, 11) is 0. The number of rotatable bonds is 3. The molecule has 1 atom stereocenters. The van der Waals surface area contributed by atoms with E-state index in [1.807, 2.05) is 17.5 Å². The van der Waals surface area contributed by atoms with Gasteiger partial charge in [0.15, 0.2) is 0 Å². The van der Waals surface area contributed by atoms with Gasteiger partial charge in [0.2, 0.25) is 0 Å². The van der Waals surface area contributed by atoms with Crippen LogP contribution in [0, 0.1) is 0 Å². The van der Waals surface area contributed by atoms with Crippen LogP contribution in [-0.2, 0) is 6.42 Å². The third-order valence-electron chi connectivity index (χ3n) is 2.83. The Kier molecular flexibility index (Phi) is 3.50. The van der Waals surface area contributed by atoms with E-state index in [1.54, 1.807) is 12.1 Å². The maximum absolute atomic E-state index is 10.1. The first-order valence-electron chi connectivity index (χ1n) is 5.68. The molecule has 0 fully saturated rings. The van der Waals surface area contributed by atoms with Crippen molar-refractivity contribution in [3.8, 4) is 0 Å². The summed E-state index contributed by atoms with van der Waals surface area (Å²) in [6, 6.07) is 7.29. The highest BCUT2D eigenvalue weighted by atomic mass is 35.5. The predicted octanol–water partition coefficient (Wildman–Crippen LogP) is 4.21. The third kappa shape index (κ3) is 2.62. The number of nitrogens with one attached hydrogen (secondary N) is 1. The number of imidazole rings is 1. The first-order valence-corrected chi connectivity index (χ1v) is 7.32. The molecule has 0 aliphatic heterocycles. The zero-order valence-corrected chi connectivity index (χ0v) is 12.1. The van der Waals surface area contributed by atoms with Crippen LogP contribution < -0.4 is 0 Å². The highest BCUT2D eigenvalue weighted by Crippen LogP contribution is 2.28. The molecule has 3 nitrogen and oxygen atoms in total. The number of nitrogens with zero attached hydrogens (tertiary/aromatic N) is 1. The summed E-state index contributed by atoms with van der Waals surface area (Å²) in [5, 5.41) is 13.0. The van der Waals surface area contributed by atoms with Gasteiger partial charge in [0.05, 0.1) is 27.2 Å². The summed E-state index contributed by atoms with van der Waals surface area (Å²) in [5.74, 6) is 0.717. The molecule has 0 saturated heterocycles. The van der Waals surface area contributed by atoms with Crippen molar-refractivity contribution in [1.29, 1.82) is 0 Å². The van der Waals surface area contributed by atoms with Gasteiger partial charge in [-0.3, -0.25) is 0 Å². The molecule has 0 saturated carbocycles. The van der Waals surface area contributed by atoms with Gasteiger partial charge >= 0.3 is 0 Å². The Balaban J connectivity index is 1.89. The molecule has 1 aromatic carbocycles. The molecule has 19 heavy (non-hydrogen) atoms. The maximum Gasteiger partial charge on any atom is 0.110 e. The van der Waals surface area contributed by atoms with Crippen LogP contribution in [0.15, 0.2) is 29.6 Å². The van der Waals surface area contributed by atoms with Gasteiger partial charge in [-0.05, 0) is 23.6 Å². The van der Waals surface area contributed by atoms with Gasteiger partial charge in [-0.2, -0.15) is 0 Å². The summed E-state index contributed by atoms with van der Waals surface area (Å²) in [5.41, 5.74) is 1.57. The quantitative estimate of drug-likeness (QED) is 0.761. The van der Waals surface area contributed by atoms with Crippen molar-refractivity contribution in [2.45, 2.75) is 12.5 Å². The monoisotopic (exact) mass is 312 g/mol. The number of hydrogen-bond donors (Lipinski definition) is 2. The Hall–Kier alpha value is -1.07. The van der Waals surface area contributed by atoms with E-state index in [0.29, 0.717) is 22.3 Å². The summed E-state index contributed by atoms with van der Waals surface area (Å²) < 4.78 is 0. The van der Waals surface area contributed by atoms with Gasteiger partial charge in [-0.1, -0.05) is 29.3 Å². The number of hydrogen-bond acceptors (Lipinski definition) is 3.